The molecule has 1 aliphatic carbocycles. The van der Waals surface area contributed by atoms with Crippen molar-refractivity contribution in [3.05, 3.63) is 57.0 Å². The highest BCUT2D eigenvalue weighted by atomic mass is 32.2. The lowest BCUT2D eigenvalue weighted by atomic mass is 10.1. The Morgan fingerprint density at radius 3 is 2.16 bits per heavy atom. The minimum Gasteiger partial charge on any atom is -0.346 e. The van der Waals surface area contributed by atoms with Crippen molar-refractivity contribution < 1.29 is 0 Å². The summed E-state index contributed by atoms with van der Waals surface area (Å²) in [6.45, 7) is 14.6. The molecule has 31 heavy (non-hydrogen) atoms. The van der Waals surface area contributed by atoms with Crippen molar-refractivity contribution in [2.45, 2.75) is 79.6 Å². The molecule has 0 atom stereocenters. The zero-order valence-corrected chi connectivity index (χ0v) is 23.8. The molecule has 180 valence electrons. The molecule has 2 rings (SSSR count). The fourth-order valence-corrected chi connectivity index (χ4v) is 4.41. The highest BCUT2D eigenvalue weighted by Crippen LogP contribution is 2.42. The van der Waals surface area contributed by atoms with Crippen molar-refractivity contribution in [3.8, 4) is 0 Å². The van der Waals surface area contributed by atoms with Crippen LogP contribution < -0.4 is 0 Å². The van der Waals surface area contributed by atoms with Crippen LogP contribution in [0.3, 0.4) is 0 Å². The maximum atomic E-state index is 3.87. The SMILES string of the molecule is C=C/C(=C\C1=C(C)SC2=C(CCC=C2)N1C)SC.CC.CCCCCCC.CN(C)C. The van der Waals surface area contributed by atoms with Gasteiger partial charge in [0.1, 0.15) is 0 Å². The quantitative estimate of drug-likeness (QED) is 0.272. The molecular formula is C27H50N2S2. The van der Waals surface area contributed by atoms with E-state index in [4.69, 9.17) is 0 Å². The van der Waals surface area contributed by atoms with E-state index >= 15 is 0 Å². The molecule has 1 aliphatic heterocycles. The van der Waals surface area contributed by atoms with Gasteiger partial charge in [0.15, 0.2) is 0 Å². The van der Waals surface area contributed by atoms with Gasteiger partial charge in [0.25, 0.3) is 0 Å². The second-order valence-electron chi connectivity index (χ2n) is 7.71. The fraction of sp³-hybridized carbons (Fsp3) is 0.630. The molecule has 4 heteroatoms. The van der Waals surface area contributed by atoms with E-state index in [1.807, 2.05) is 57.7 Å². The van der Waals surface area contributed by atoms with Gasteiger partial charge in [0, 0.05) is 27.5 Å². The molecule has 0 bridgehead atoms. The van der Waals surface area contributed by atoms with Crippen LogP contribution in [0.25, 0.3) is 0 Å². The third-order valence-electron chi connectivity index (χ3n) is 4.41. The Bertz CT molecular complexity index is 592. The van der Waals surface area contributed by atoms with Crippen LogP contribution >= 0.6 is 23.5 Å². The number of nitrogens with zero attached hydrogens (tertiary/aromatic N) is 2. The normalized spacial score (nSPS) is 15.3. The van der Waals surface area contributed by atoms with Crippen LogP contribution in [-0.4, -0.2) is 44.2 Å². The van der Waals surface area contributed by atoms with Crippen LogP contribution in [0.5, 0.6) is 0 Å². The molecule has 0 unspecified atom stereocenters. The van der Waals surface area contributed by atoms with E-state index < -0.39 is 0 Å². The summed E-state index contributed by atoms with van der Waals surface area (Å²) in [6.07, 6.45) is 20.1. The zero-order valence-electron chi connectivity index (χ0n) is 22.2. The molecule has 0 saturated heterocycles. The molecular weight excluding hydrogens is 416 g/mol. The van der Waals surface area contributed by atoms with Gasteiger partial charge >= 0.3 is 0 Å². The molecule has 0 saturated carbocycles. The topological polar surface area (TPSA) is 6.48 Å². The predicted octanol–water partition coefficient (Wildman–Crippen LogP) is 9.07. The average molecular weight is 467 g/mol. The van der Waals surface area contributed by atoms with Crippen LogP contribution in [-0.2, 0) is 0 Å². The maximum absolute atomic E-state index is 3.87. The van der Waals surface area contributed by atoms with Gasteiger partial charge in [-0.05, 0) is 53.2 Å². The molecule has 1 heterocycles. The van der Waals surface area contributed by atoms with Gasteiger partial charge in [-0.3, -0.25) is 0 Å². The lowest BCUT2D eigenvalue weighted by Crippen LogP contribution is -2.22. The van der Waals surface area contributed by atoms with Gasteiger partial charge in [-0.25, -0.2) is 0 Å². The third-order valence-corrected chi connectivity index (χ3v) is 6.28. The van der Waals surface area contributed by atoms with E-state index in [1.165, 1.54) is 58.2 Å². The Morgan fingerprint density at radius 1 is 1.16 bits per heavy atom. The van der Waals surface area contributed by atoms with Gasteiger partial charge in [-0.15, -0.1) is 11.8 Å². The van der Waals surface area contributed by atoms with Crippen molar-refractivity contribution in [2.75, 3.05) is 34.4 Å². The summed E-state index contributed by atoms with van der Waals surface area (Å²) in [5, 5.41) is 0. The lowest BCUT2D eigenvalue weighted by molar-refractivity contribution is 0.501. The summed E-state index contributed by atoms with van der Waals surface area (Å²) >= 11 is 3.63. The number of likely N-dealkylation sites (N-methyl/N-ethyl adjacent to an activating group) is 1. The zero-order chi connectivity index (χ0) is 24.2. The number of rotatable bonds is 7. The lowest BCUT2D eigenvalue weighted by Gasteiger charge is -2.33. The smallest absolute Gasteiger partial charge is 0.0514 e. The van der Waals surface area contributed by atoms with Gasteiger partial charge in [-0.2, -0.15) is 0 Å². The minimum atomic E-state index is 1.14. The minimum absolute atomic E-state index is 1.14. The summed E-state index contributed by atoms with van der Waals surface area (Å²) in [4.78, 5) is 8.32. The van der Waals surface area contributed by atoms with Crippen molar-refractivity contribution in [2.24, 2.45) is 0 Å². The van der Waals surface area contributed by atoms with Crippen molar-refractivity contribution in [1.29, 1.82) is 0 Å². The molecule has 0 aromatic heterocycles. The Morgan fingerprint density at radius 2 is 1.71 bits per heavy atom. The van der Waals surface area contributed by atoms with Crippen molar-refractivity contribution in [3.63, 3.8) is 0 Å². The average Bonchev–Trinajstić information content (AvgIpc) is 2.76. The van der Waals surface area contributed by atoms with Crippen LogP contribution in [0.4, 0.5) is 0 Å². The molecule has 0 N–H and O–H groups in total. The van der Waals surface area contributed by atoms with Crippen LogP contribution in [0.1, 0.15) is 79.6 Å². The summed E-state index contributed by atoms with van der Waals surface area (Å²) in [6, 6.07) is 0. The van der Waals surface area contributed by atoms with Gasteiger partial charge in [-0.1, -0.05) is 96.4 Å². The number of thioether (sulfide) groups is 2. The van der Waals surface area contributed by atoms with Crippen LogP contribution in [0.15, 0.2) is 57.0 Å². The molecule has 0 aromatic carbocycles. The van der Waals surface area contributed by atoms with E-state index in [0.29, 0.717) is 0 Å². The standard InChI is InChI=1S/C15H19NS2.C7H16.C3H9N.C2H6/c1-5-12(17-4)10-14-11(2)18-15-9-7-6-8-13(15)16(14)3;1-3-5-7-6-4-2;1-4(2)3;1-2/h5,7,9-10H,1,6,8H2,2-4H3;3-7H2,1-2H3;1-3H3;1-2H3/b12-10+;;;. The number of unbranched alkanes of at least 4 members (excludes halogenated alkanes) is 4. The van der Waals surface area contributed by atoms with Crippen LogP contribution in [0.2, 0.25) is 0 Å². The highest BCUT2D eigenvalue weighted by molar-refractivity contribution is 8.07. The second kappa shape index (κ2) is 21.0. The highest BCUT2D eigenvalue weighted by Gasteiger charge is 2.22. The molecule has 2 aliphatic rings. The van der Waals surface area contributed by atoms with Gasteiger partial charge in [0.05, 0.1) is 5.70 Å². The summed E-state index contributed by atoms with van der Waals surface area (Å²) in [5.74, 6) is 0. The first-order valence-corrected chi connectivity index (χ1v) is 13.9. The number of hydrogen-bond donors (Lipinski definition) is 0. The monoisotopic (exact) mass is 466 g/mol. The summed E-state index contributed by atoms with van der Waals surface area (Å²) in [5.41, 5.74) is 2.75. The van der Waals surface area contributed by atoms with Crippen molar-refractivity contribution >= 4 is 23.5 Å². The van der Waals surface area contributed by atoms with E-state index in [0.717, 1.165) is 12.8 Å². The molecule has 0 amide bonds. The summed E-state index contributed by atoms with van der Waals surface area (Å²) < 4.78 is 0. The fourth-order valence-electron chi connectivity index (χ4n) is 2.87. The first-order valence-electron chi connectivity index (χ1n) is 11.8. The van der Waals surface area contributed by atoms with E-state index in [2.05, 4.69) is 63.8 Å². The van der Waals surface area contributed by atoms with E-state index in [9.17, 15) is 0 Å². The first kappa shape index (κ1) is 32.3. The van der Waals surface area contributed by atoms with Gasteiger partial charge < -0.3 is 9.80 Å². The largest absolute Gasteiger partial charge is 0.346 e. The van der Waals surface area contributed by atoms with E-state index in [1.54, 1.807) is 11.8 Å². The summed E-state index contributed by atoms with van der Waals surface area (Å²) in [7, 11) is 8.17. The molecule has 0 aromatic rings. The molecule has 2 nitrogen and oxygen atoms in total. The van der Waals surface area contributed by atoms with Gasteiger partial charge in [0.2, 0.25) is 0 Å². The Labute approximate surface area is 204 Å². The molecule has 0 fully saturated rings. The number of allylic oxidation sites excluding steroid dienone is 6. The number of hydrogen-bond acceptors (Lipinski definition) is 4. The Hall–Kier alpha value is -0.840. The Kier molecular flexibility index (Phi) is 21.9. The van der Waals surface area contributed by atoms with Crippen LogP contribution in [0, 0.1) is 0 Å². The maximum Gasteiger partial charge on any atom is 0.0514 e. The van der Waals surface area contributed by atoms with E-state index in [-0.39, 0.29) is 0 Å². The van der Waals surface area contributed by atoms with Crippen molar-refractivity contribution in [1.82, 2.24) is 9.80 Å². The first-order chi connectivity index (χ1) is 14.8. The second-order valence-corrected chi connectivity index (χ2v) is 9.85. The predicted molar refractivity (Wildman–Crippen MR) is 151 cm³/mol. The molecule has 0 radical (unpaired) electrons. The molecule has 0 spiro atoms. The third kappa shape index (κ3) is 14.8. The Balaban J connectivity index is 0.